The summed E-state index contributed by atoms with van der Waals surface area (Å²) in [5.74, 6) is -1.86. The SMILES string of the molecule is CC1CN(C(=O)c2ccc(F)cc2F)CC(C)N1.Cl. The minimum Gasteiger partial charge on any atom is -0.335 e. The van der Waals surface area contributed by atoms with E-state index in [1.54, 1.807) is 4.90 Å². The Labute approximate surface area is 117 Å². The first kappa shape index (κ1) is 15.9. The molecule has 1 aromatic carbocycles. The van der Waals surface area contributed by atoms with Crippen LogP contribution in [0.4, 0.5) is 8.78 Å². The quantitative estimate of drug-likeness (QED) is 0.860. The number of halogens is 3. The first-order valence-corrected chi connectivity index (χ1v) is 5.97. The van der Waals surface area contributed by atoms with Gasteiger partial charge >= 0.3 is 0 Å². The van der Waals surface area contributed by atoms with Crippen molar-refractivity contribution in [2.75, 3.05) is 13.1 Å². The van der Waals surface area contributed by atoms with Gasteiger partial charge in [-0.05, 0) is 26.0 Å². The predicted octanol–water partition coefficient (Wildman–Crippen LogP) is 2.21. The van der Waals surface area contributed by atoms with Crippen molar-refractivity contribution in [3.8, 4) is 0 Å². The van der Waals surface area contributed by atoms with E-state index in [-0.39, 0.29) is 36.0 Å². The second kappa shape index (κ2) is 6.30. The summed E-state index contributed by atoms with van der Waals surface area (Å²) in [7, 11) is 0. The van der Waals surface area contributed by atoms with Crippen molar-refractivity contribution >= 4 is 18.3 Å². The van der Waals surface area contributed by atoms with Gasteiger partial charge in [-0.1, -0.05) is 0 Å². The van der Waals surface area contributed by atoms with Crippen molar-refractivity contribution in [1.82, 2.24) is 10.2 Å². The van der Waals surface area contributed by atoms with E-state index < -0.39 is 11.6 Å². The van der Waals surface area contributed by atoms with Gasteiger partial charge in [0.1, 0.15) is 11.6 Å². The standard InChI is InChI=1S/C13H16F2N2O.ClH/c1-8-6-17(7-9(2)16-8)13(18)11-4-3-10(14)5-12(11)15;/h3-5,8-9,16H,6-7H2,1-2H3;1H. The van der Waals surface area contributed by atoms with Crippen LogP contribution in [0.2, 0.25) is 0 Å². The number of carbonyl (C=O) groups excluding carboxylic acids is 1. The van der Waals surface area contributed by atoms with Gasteiger partial charge in [0, 0.05) is 31.2 Å². The van der Waals surface area contributed by atoms with Crippen molar-refractivity contribution in [3.05, 3.63) is 35.4 Å². The summed E-state index contributed by atoms with van der Waals surface area (Å²) in [5.41, 5.74) is -0.0716. The van der Waals surface area contributed by atoms with E-state index in [9.17, 15) is 13.6 Å². The van der Waals surface area contributed by atoms with Crippen LogP contribution in [0.15, 0.2) is 18.2 Å². The zero-order valence-corrected chi connectivity index (χ0v) is 11.6. The summed E-state index contributed by atoms with van der Waals surface area (Å²) in [6, 6.07) is 3.38. The maximum absolute atomic E-state index is 13.5. The molecule has 0 radical (unpaired) electrons. The maximum Gasteiger partial charge on any atom is 0.256 e. The molecule has 1 aromatic rings. The van der Waals surface area contributed by atoms with Crippen LogP contribution in [-0.4, -0.2) is 36.0 Å². The highest BCUT2D eigenvalue weighted by Gasteiger charge is 2.27. The van der Waals surface area contributed by atoms with E-state index >= 15 is 0 Å². The van der Waals surface area contributed by atoms with Crippen molar-refractivity contribution < 1.29 is 13.6 Å². The molecule has 1 N–H and O–H groups in total. The van der Waals surface area contributed by atoms with Crippen LogP contribution in [0, 0.1) is 11.6 Å². The fourth-order valence-corrected chi connectivity index (χ4v) is 2.33. The topological polar surface area (TPSA) is 32.3 Å². The van der Waals surface area contributed by atoms with Gasteiger partial charge < -0.3 is 10.2 Å². The summed E-state index contributed by atoms with van der Waals surface area (Å²) in [6.07, 6.45) is 0. The fourth-order valence-electron chi connectivity index (χ4n) is 2.33. The largest absolute Gasteiger partial charge is 0.335 e. The minimum absolute atomic E-state index is 0. The van der Waals surface area contributed by atoms with Gasteiger partial charge in [0.25, 0.3) is 5.91 Å². The number of hydrogen-bond acceptors (Lipinski definition) is 2. The van der Waals surface area contributed by atoms with Crippen LogP contribution in [0.5, 0.6) is 0 Å². The summed E-state index contributed by atoms with van der Waals surface area (Å²) in [6.45, 7) is 4.99. The van der Waals surface area contributed by atoms with Crippen LogP contribution in [-0.2, 0) is 0 Å². The predicted molar refractivity (Wildman–Crippen MR) is 71.6 cm³/mol. The summed E-state index contributed by atoms with van der Waals surface area (Å²) in [5, 5.41) is 3.29. The minimum atomic E-state index is -0.807. The molecular weight excluding hydrogens is 274 g/mol. The third kappa shape index (κ3) is 3.64. The third-order valence-corrected chi connectivity index (χ3v) is 3.01. The second-order valence-electron chi connectivity index (χ2n) is 4.80. The molecule has 1 heterocycles. The van der Waals surface area contributed by atoms with Crippen LogP contribution < -0.4 is 5.32 Å². The van der Waals surface area contributed by atoms with E-state index in [2.05, 4.69) is 5.32 Å². The lowest BCUT2D eigenvalue weighted by Crippen LogP contribution is -2.55. The monoisotopic (exact) mass is 290 g/mol. The fraction of sp³-hybridized carbons (Fsp3) is 0.462. The number of amides is 1. The van der Waals surface area contributed by atoms with Gasteiger partial charge in [0.15, 0.2) is 0 Å². The average Bonchev–Trinajstić information content (AvgIpc) is 2.26. The van der Waals surface area contributed by atoms with E-state index in [4.69, 9.17) is 0 Å². The van der Waals surface area contributed by atoms with Gasteiger partial charge in [-0.2, -0.15) is 0 Å². The molecule has 0 spiro atoms. The molecule has 1 fully saturated rings. The number of benzene rings is 1. The second-order valence-corrected chi connectivity index (χ2v) is 4.80. The molecular formula is C13H17ClF2N2O. The van der Waals surface area contributed by atoms with E-state index in [0.717, 1.165) is 12.1 Å². The molecule has 1 aliphatic heterocycles. The van der Waals surface area contributed by atoms with E-state index in [1.807, 2.05) is 13.8 Å². The molecule has 1 saturated heterocycles. The Morgan fingerprint density at radius 2 is 1.84 bits per heavy atom. The molecule has 0 aromatic heterocycles. The number of hydrogen-bond donors (Lipinski definition) is 1. The molecule has 0 saturated carbocycles. The number of rotatable bonds is 1. The van der Waals surface area contributed by atoms with Crippen molar-refractivity contribution in [2.45, 2.75) is 25.9 Å². The molecule has 0 aliphatic carbocycles. The first-order chi connectivity index (χ1) is 8.47. The highest BCUT2D eigenvalue weighted by atomic mass is 35.5. The summed E-state index contributed by atoms with van der Waals surface area (Å²) >= 11 is 0. The highest BCUT2D eigenvalue weighted by Crippen LogP contribution is 2.14. The third-order valence-electron chi connectivity index (χ3n) is 3.01. The molecule has 2 unspecified atom stereocenters. The van der Waals surface area contributed by atoms with Gasteiger partial charge in [-0.3, -0.25) is 4.79 Å². The summed E-state index contributed by atoms with van der Waals surface area (Å²) in [4.78, 5) is 13.8. The number of carbonyl (C=O) groups is 1. The zero-order valence-electron chi connectivity index (χ0n) is 10.8. The Kier molecular flexibility index (Phi) is 5.26. The molecule has 2 rings (SSSR count). The first-order valence-electron chi connectivity index (χ1n) is 5.97. The smallest absolute Gasteiger partial charge is 0.256 e. The maximum atomic E-state index is 13.5. The Hall–Kier alpha value is -1.20. The van der Waals surface area contributed by atoms with Gasteiger partial charge in [0.05, 0.1) is 5.56 Å². The lowest BCUT2D eigenvalue weighted by atomic mass is 10.1. The van der Waals surface area contributed by atoms with Crippen molar-refractivity contribution in [1.29, 1.82) is 0 Å². The molecule has 1 amide bonds. The van der Waals surface area contributed by atoms with Crippen LogP contribution in [0.1, 0.15) is 24.2 Å². The molecule has 0 bridgehead atoms. The van der Waals surface area contributed by atoms with Crippen molar-refractivity contribution in [3.63, 3.8) is 0 Å². The molecule has 106 valence electrons. The number of nitrogens with one attached hydrogen (secondary N) is 1. The average molecular weight is 291 g/mol. The van der Waals surface area contributed by atoms with Crippen LogP contribution in [0.25, 0.3) is 0 Å². The van der Waals surface area contributed by atoms with E-state index in [0.29, 0.717) is 13.1 Å². The van der Waals surface area contributed by atoms with Gasteiger partial charge in [-0.25, -0.2) is 8.78 Å². The number of nitrogens with zero attached hydrogens (tertiary/aromatic N) is 1. The lowest BCUT2D eigenvalue weighted by Gasteiger charge is -2.36. The van der Waals surface area contributed by atoms with Gasteiger partial charge in [0.2, 0.25) is 0 Å². The summed E-state index contributed by atoms with van der Waals surface area (Å²) < 4.78 is 26.3. The lowest BCUT2D eigenvalue weighted by molar-refractivity contribution is 0.0669. The van der Waals surface area contributed by atoms with Crippen LogP contribution >= 0.6 is 12.4 Å². The molecule has 19 heavy (non-hydrogen) atoms. The normalized spacial score (nSPS) is 22.8. The Morgan fingerprint density at radius 1 is 1.26 bits per heavy atom. The molecule has 1 aliphatic rings. The van der Waals surface area contributed by atoms with Crippen molar-refractivity contribution in [2.24, 2.45) is 0 Å². The van der Waals surface area contributed by atoms with Crippen LogP contribution in [0.3, 0.4) is 0 Å². The molecule has 3 nitrogen and oxygen atoms in total. The number of piperazine rings is 1. The molecule has 6 heteroatoms. The Morgan fingerprint density at radius 3 is 2.37 bits per heavy atom. The highest BCUT2D eigenvalue weighted by molar-refractivity contribution is 5.94. The Bertz CT molecular complexity index is 460. The van der Waals surface area contributed by atoms with E-state index in [1.165, 1.54) is 6.07 Å². The molecule has 2 atom stereocenters. The Balaban J connectivity index is 0.00000180. The zero-order chi connectivity index (χ0) is 13.3. The van der Waals surface area contributed by atoms with Gasteiger partial charge in [-0.15, -0.1) is 12.4 Å².